The highest BCUT2D eigenvalue weighted by atomic mass is 32.1. The monoisotopic (exact) mass is 929 g/mol. The van der Waals surface area contributed by atoms with Crippen LogP contribution < -0.4 is 14.2 Å². The number of pyridine rings is 1. The fourth-order valence-electron chi connectivity index (χ4n) is 10.2. The summed E-state index contributed by atoms with van der Waals surface area (Å²) in [5.41, 5.74) is -4.48. The van der Waals surface area contributed by atoms with Crippen molar-refractivity contribution in [1.29, 1.82) is 5.26 Å². The van der Waals surface area contributed by atoms with E-state index in [1.54, 1.807) is 13.0 Å². The number of alkyl halides is 6. The summed E-state index contributed by atoms with van der Waals surface area (Å²) >= 11 is 0.386. The molecule has 1 aromatic carbocycles. The van der Waals surface area contributed by atoms with E-state index in [4.69, 9.17) is 18.9 Å². The lowest BCUT2D eigenvalue weighted by Gasteiger charge is -2.50. The summed E-state index contributed by atoms with van der Waals surface area (Å²) in [6.07, 6.45) is 0.631. The third-order valence-corrected chi connectivity index (χ3v) is 14.6. The van der Waals surface area contributed by atoms with Gasteiger partial charge < -0.3 is 23.8 Å². The Morgan fingerprint density at radius 2 is 1.77 bits per heavy atom. The molecular formula is C48H53F6N3O7S. The number of piperidine rings is 1. The molecule has 4 aliphatic rings. The Morgan fingerprint density at radius 1 is 1.00 bits per heavy atom. The van der Waals surface area contributed by atoms with Crippen LogP contribution in [0.5, 0.6) is 17.4 Å². The molecule has 4 heterocycles. The average molecular weight is 930 g/mol. The van der Waals surface area contributed by atoms with Crippen LogP contribution in [-0.4, -0.2) is 65.6 Å². The standard InChI is InChI=1S/C48H53F6N3O7S/c1-2-61-43(60)45(18-9-19-45)20-11-29-62-36-13-7-6-12-34(36)44(24-25-55)22-15-32(16-23-44)40(58)46(64-33-30-38(65-31-33)48(52,53)54)21-10-27-57-37(46)14-5-3-4-8-28-63-41-39(42(57)59)35(17-26-56-41)47(49,50)51/h3,5-7,12-13,17,26,30-32,37H,2,4,8-11,14-16,18-24,27-29H2,1H3/b5-3-/t32?,37-,44?,46+/m1/s1. The second-order valence-corrected chi connectivity index (χ2v) is 18.5. The number of ketones is 1. The molecule has 2 aliphatic carbocycles. The van der Waals surface area contributed by atoms with Crippen molar-refractivity contribution in [2.24, 2.45) is 11.3 Å². The van der Waals surface area contributed by atoms with Gasteiger partial charge in [-0.15, -0.1) is 11.3 Å². The zero-order valence-electron chi connectivity index (χ0n) is 36.2. The van der Waals surface area contributed by atoms with Crippen molar-refractivity contribution in [1.82, 2.24) is 9.88 Å². The molecule has 10 nitrogen and oxygen atoms in total. The summed E-state index contributed by atoms with van der Waals surface area (Å²) in [6.45, 7) is 2.33. The molecule has 65 heavy (non-hydrogen) atoms. The van der Waals surface area contributed by atoms with Gasteiger partial charge in [-0.1, -0.05) is 36.8 Å². The van der Waals surface area contributed by atoms with E-state index in [-0.39, 0.29) is 63.4 Å². The summed E-state index contributed by atoms with van der Waals surface area (Å²) in [5.74, 6) is -2.65. The van der Waals surface area contributed by atoms with Gasteiger partial charge in [0.25, 0.3) is 5.91 Å². The number of hydrogen-bond acceptors (Lipinski definition) is 10. The number of esters is 1. The number of nitrogens with zero attached hydrogens (tertiary/aromatic N) is 3. The summed E-state index contributed by atoms with van der Waals surface area (Å²) in [5, 5.41) is 11.4. The Labute approximate surface area is 378 Å². The van der Waals surface area contributed by atoms with Gasteiger partial charge in [0.1, 0.15) is 21.9 Å². The zero-order chi connectivity index (χ0) is 46.5. The van der Waals surface area contributed by atoms with Gasteiger partial charge >= 0.3 is 18.3 Å². The second-order valence-electron chi connectivity index (χ2n) is 17.5. The maximum Gasteiger partial charge on any atom is 0.425 e. The predicted molar refractivity (Wildman–Crippen MR) is 227 cm³/mol. The van der Waals surface area contributed by atoms with E-state index < -0.39 is 74.3 Å². The molecule has 2 saturated carbocycles. The van der Waals surface area contributed by atoms with Crippen LogP contribution in [-0.2, 0) is 32.1 Å². The lowest BCUT2D eigenvalue weighted by atomic mass is 9.62. The molecule has 350 valence electrons. The van der Waals surface area contributed by atoms with Crippen LogP contribution in [0.3, 0.4) is 0 Å². The largest absolute Gasteiger partial charge is 0.493 e. The summed E-state index contributed by atoms with van der Waals surface area (Å²) in [4.78, 5) is 47.2. The highest BCUT2D eigenvalue weighted by Crippen LogP contribution is 2.51. The average Bonchev–Trinajstić information content (AvgIpc) is 3.74. The number of nitriles is 1. The Balaban J connectivity index is 1.20. The first-order valence-electron chi connectivity index (χ1n) is 22.4. The fraction of sp³-hybridized carbons (Fsp3) is 0.562. The predicted octanol–water partition coefficient (Wildman–Crippen LogP) is 11.2. The van der Waals surface area contributed by atoms with E-state index in [1.165, 1.54) is 4.90 Å². The Kier molecular flexibility index (Phi) is 14.6. The van der Waals surface area contributed by atoms with E-state index in [0.717, 1.165) is 42.5 Å². The molecule has 0 bridgehead atoms. The van der Waals surface area contributed by atoms with Crippen molar-refractivity contribution in [2.45, 2.75) is 133 Å². The minimum atomic E-state index is -4.98. The summed E-state index contributed by atoms with van der Waals surface area (Å²) in [6, 6.07) is 10.0. The number of ether oxygens (including phenoxy) is 4. The quantitative estimate of drug-likeness (QED) is 0.0712. The number of fused-ring (bicyclic) bond motifs is 2. The van der Waals surface area contributed by atoms with Gasteiger partial charge in [0, 0.05) is 47.5 Å². The Bertz CT molecular complexity index is 2260. The van der Waals surface area contributed by atoms with Crippen LogP contribution in [0, 0.1) is 22.7 Å². The van der Waals surface area contributed by atoms with Crippen LogP contribution in [0.25, 0.3) is 0 Å². The van der Waals surface area contributed by atoms with Crippen molar-refractivity contribution in [2.75, 3.05) is 26.4 Å². The second kappa shape index (κ2) is 19.8. The Hall–Kier alpha value is -5.11. The van der Waals surface area contributed by atoms with Gasteiger partial charge in [-0.3, -0.25) is 14.4 Å². The molecule has 3 aromatic rings. The first kappa shape index (κ1) is 47.8. The van der Waals surface area contributed by atoms with E-state index in [2.05, 4.69) is 11.1 Å². The SMILES string of the molecule is CCOC(=O)C1(CCCOc2ccccc2C2(CC#N)CCC(C(=O)[C@]3(Oc4csc(C(F)(F)F)c4)CCCN4C(=O)c5c(C(F)(F)F)ccnc5OCCC/C=C\C[C@@H]43)CC2)CCC1. The number of para-hydroxylation sites is 1. The first-order chi connectivity index (χ1) is 31.1. The van der Waals surface area contributed by atoms with E-state index in [9.17, 15) is 41.2 Å². The Morgan fingerprint density at radius 3 is 2.45 bits per heavy atom. The van der Waals surface area contributed by atoms with Crippen LogP contribution in [0.15, 0.2) is 60.1 Å². The normalized spacial score (nSPS) is 25.2. The number of carbonyl (C=O) groups excluding carboxylic acids is 3. The third-order valence-electron chi connectivity index (χ3n) is 13.7. The number of allylic oxidation sites excluding steroid dienone is 1. The van der Waals surface area contributed by atoms with Crippen molar-refractivity contribution in [3.8, 4) is 23.4 Å². The van der Waals surface area contributed by atoms with Gasteiger partial charge in [-0.2, -0.15) is 31.6 Å². The number of thiophene rings is 1. The molecule has 3 fully saturated rings. The molecule has 2 aromatic heterocycles. The van der Waals surface area contributed by atoms with Crippen LogP contribution >= 0.6 is 11.3 Å². The van der Waals surface area contributed by atoms with Gasteiger partial charge in [-0.05, 0) is 103 Å². The minimum absolute atomic E-state index is 0.0169. The number of aromatic nitrogens is 1. The minimum Gasteiger partial charge on any atom is -0.493 e. The molecule has 0 unspecified atom stereocenters. The van der Waals surface area contributed by atoms with E-state index >= 15 is 4.79 Å². The number of hydrogen-bond donors (Lipinski definition) is 0. The lowest BCUT2D eigenvalue weighted by molar-refractivity contribution is -0.162. The third kappa shape index (κ3) is 10.0. The maximum absolute atomic E-state index is 15.5. The van der Waals surface area contributed by atoms with Crippen molar-refractivity contribution in [3.05, 3.63) is 81.7 Å². The van der Waals surface area contributed by atoms with Gasteiger partial charge in [0.2, 0.25) is 5.88 Å². The van der Waals surface area contributed by atoms with Gasteiger partial charge in [-0.25, -0.2) is 4.98 Å². The number of benzene rings is 1. The molecule has 17 heteroatoms. The molecule has 2 atom stereocenters. The number of Topliss-reactive ketones (excluding diaryl/α,β-unsaturated/α-hetero) is 1. The molecule has 1 amide bonds. The zero-order valence-corrected chi connectivity index (χ0v) is 37.1. The summed E-state index contributed by atoms with van der Waals surface area (Å²) in [7, 11) is 0. The van der Waals surface area contributed by atoms with Crippen molar-refractivity contribution >= 4 is 29.0 Å². The van der Waals surface area contributed by atoms with Gasteiger partial charge in [0.05, 0.1) is 42.9 Å². The van der Waals surface area contributed by atoms with Crippen LogP contribution in [0.4, 0.5) is 26.3 Å². The van der Waals surface area contributed by atoms with Crippen molar-refractivity contribution < 1.29 is 59.7 Å². The number of carbonyl (C=O) groups is 3. The molecular weight excluding hydrogens is 877 g/mol. The fourth-order valence-corrected chi connectivity index (χ4v) is 10.9. The van der Waals surface area contributed by atoms with Crippen LogP contribution in [0.1, 0.15) is 130 Å². The molecule has 2 aliphatic heterocycles. The highest BCUT2D eigenvalue weighted by molar-refractivity contribution is 7.10. The molecule has 1 saturated heterocycles. The lowest BCUT2D eigenvalue weighted by Crippen LogP contribution is -2.66. The topological polar surface area (TPSA) is 128 Å². The highest BCUT2D eigenvalue weighted by Gasteiger charge is 2.57. The molecule has 0 N–H and O–H groups in total. The maximum atomic E-state index is 15.5. The number of amides is 1. The van der Waals surface area contributed by atoms with Crippen molar-refractivity contribution in [3.63, 3.8) is 0 Å². The molecule has 0 radical (unpaired) electrons. The van der Waals surface area contributed by atoms with E-state index in [1.807, 2.05) is 30.3 Å². The summed E-state index contributed by atoms with van der Waals surface area (Å²) < 4.78 is 110. The number of halogens is 6. The first-order valence-corrected chi connectivity index (χ1v) is 23.3. The molecule has 7 rings (SSSR count). The smallest absolute Gasteiger partial charge is 0.425 e. The van der Waals surface area contributed by atoms with Crippen LogP contribution in [0.2, 0.25) is 0 Å². The molecule has 0 spiro atoms. The van der Waals surface area contributed by atoms with E-state index in [0.29, 0.717) is 74.9 Å². The van der Waals surface area contributed by atoms with Gasteiger partial charge in [0.15, 0.2) is 11.4 Å². The number of rotatable bonds is 13.